The molecular formula is C21H20N2O6S. The Bertz CT molecular complexity index is 1260. The van der Waals surface area contributed by atoms with Gasteiger partial charge in [-0.3, -0.25) is 9.59 Å². The van der Waals surface area contributed by atoms with Crippen molar-refractivity contribution in [2.75, 3.05) is 5.32 Å². The number of benzene rings is 2. The van der Waals surface area contributed by atoms with Crippen molar-refractivity contribution >= 4 is 38.5 Å². The second-order valence-electron chi connectivity index (χ2n) is 7.13. The SMILES string of the molecule is CC[C@@H]1Oc2ccc(S(=O)(=O)NC(=O)Cc3coc4cc(C)ccc34)cc2NC1=O. The van der Waals surface area contributed by atoms with Gasteiger partial charge in [-0.1, -0.05) is 19.1 Å². The Morgan fingerprint density at radius 1 is 1.20 bits per heavy atom. The lowest BCUT2D eigenvalue weighted by Crippen LogP contribution is -2.36. The molecule has 1 aromatic heterocycles. The number of nitrogens with one attached hydrogen (secondary N) is 2. The average molecular weight is 428 g/mol. The number of hydrogen-bond acceptors (Lipinski definition) is 6. The van der Waals surface area contributed by atoms with E-state index < -0.39 is 22.0 Å². The fraction of sp³-hybridized carbons (Fsp3) is 0.238. The Morgan fingerprint density at radius 3 is 2.77 bits per heavy atom. The standard InChI is InChI=1S/C21H20N2O6S/c1-3-17-21(25)22-16-10-14(5-7-18(16)29-17)30(26,27)23-20(24)9-13-11-28-19-8-12(2)4-6-15(13)19/h4-8,10-11,17H,3,9H2,1-2H3,(H,22,25)(H,23,24)/t17-/m0/s1. The van der Waals surface area contributed by atoms with E-state index in [1.807, 2.05) is 32.0 Å². The molecule has 2 N–H and O–H groups in total. The summed E-state index contributed by atoms with van der Waals surface area (Å²) in [5, 5.41) is 3.39. The number of rotatable bonds is 5. The van der Waals surface area contributed by atoms with E-state index in [4.69, 9.17) is 9.15 Å². The van der Waals surface area contributed by atoms with Crippen molar-refractivity contribution in [1.29, 1.82) is 0 Å². The monoisotopic (exact) mass is 428 g/mol. The van der Waals surface area contributed by atoms with Crippen LogP contribution in [0.2, 0.25) is 0 Å². The number of furan rings is 1. The molecule has 4 rings (SSSR count). The maximum absolute atomic E-state index is 12.7. The molecule has 0 saturated heterocycles. The predicted octanol–water partition coefficient (Wildman–Crippen LogP) is 2.90. The largest absolute Gasteiger partial charge is 0.478 e. The highest BCUT2D eigenvalue weighted by Crippen LogP contribution is 2.32. The van der Waals surface area contributed by atoms with Crippen molar-refractivity contribution in [2.24, 2.45) is 0 Å². The van der Waals surface area contributed by atoms with Crippen molar-refractivity contribution < 1.29 is 27.2 Å². The van der Waals surface area contributed by atoms with Crippen LogP contribution in [0.15, 0.2) is 52.0 Å². The first-order valence-electron chi connectivity index (χ1n) is 9.41. The van der Waals surface area contributed by atoms with Crippen LogP contribution in [0.25, 0.3) is 11.0 Å². The van der Waals surface area contributed by atoms with Gasteiger partial charge in [0.15, 0.2) is 6.10 Å². The smallest absolute Gasteiger partial charge is 0.265 e. The van der Waals surface area contributed by atoms with E-state index in [2.05, 4.69) is 10.0 Å². The maximum atomic E-state index is 12.7. The highest BCUT2D eigenvalue weighted by molar-refractivity contribution is 7.90. The van der Waals surface area contributed by atoms with Gasteiger partial charge < -0.3 is 14.5 Å². The van der Waals surface area contributed by atoms with Crippen LogP contribution in [0.3, 0.4) is 0 Å². The van der Waals surface area contributed by atoms with Crippen LogP contribution in [0, 0.1) is 6.92 Å². The molecule has 2 amide bonds. The van der Waals surface area contributed by atoms with Crippen molar-refractivity contribution in [3.63, 3.8) is 0 Å². The van der Waals surface area contributed by atoms with Crippen LogP contribution in [0.4, 0.5) is 5.69 Å². The number of carbonyl (C=O) groups is 2. The summed E-state index contributed by atoms with van der Waals surface area (Å²) in [7, 11) is -4.13. The van der Waals surface area contributed by atoms with Crippen LogP contribution in [0.1, 0.15) is 24.5 Å². The summed E-state index contributed by atoms with van der Waals surface area (Å²) in [6, 6.07) is 9.63. The van der Waals surface area contributed by atoms with Crippen LogP contribution < -0.4 is 14.8 Å². The van der Waals surface area contributed by atoms with Gasteiger partial charge in [-0.25, -0.2) is 13.1 Å². The summed E-state index contributed by atoms with van der Waals surface area (Å²) < 4.78 is 38.4. The number of aryl methyl sites for hydroxylation is 1. The second-order valence-corrected chi connectivity index (χ2v) is 8.81. The molecule has 156 valence electrons. The highest BCUT2D eigenvalue weighted by atomic mass is 32.2. The number of fused-ring (bicyclic) bond motifs is 2. The number of hydrogen-bond donors (Lipinski definition) is 2. The fourth-order valence-corrected chi connectivity index (χ4v) is 4.32. The molecule has 0 unspecified atom stereocenters. The van der Waals surface area contributed by atoms with Gasteiger partial charge >= 0.3 is 0 Å². The Morgan fingerprint density at radius 2 is 2.00 bits per heavy atom. The molecule has 0 bridgehead atoms. The molecule has 0 spiro atoms. The van der Waals surface area contributed by atoms with Crippen LogP contribution in [-0.2, 0) is 26.0 Å². The van der Waals surface area contributed by atoms with Crippen LogP contribution >= 0.6 is 0 Å². The third-order valence-corrected chi connectivity index (χ3v) is 6.23. The van der Waals surface area contributed by atoms with E-state index in [0.717, 1.165) is 10.9 Å². The average Bonchev–Trinajstić information content (AvgIpc) is 3.08. The van der Waals surface area contributed by atoms with E-state index in [1.165, 1.54) is 24.5 Å². The summed E-state index contributed by atoms with van der Waals surface area (Å²) >= 11 is 0. The maximum Gasteiger partial charge on any atom is 0.265 e. The Hall–Kier alpha value is -3.33. The lowest BCUT2D eigenvalue weighted by Gasteiger charge is -2.25. The molecule has 0 fully saturated rings. The first kappa shape index (κ1) is 20.0. The van der Waals surface area contributed by atoms with E-state index in [-0.39, 0.29) is 22.9 Å². The van der Waals surface area contributed by atoms with Crippen LogP contribution in [0.5, 0.6) is 5.75 Å². The predicted molar refractivity (Wildman–Crippen MR) is 110 cm³/mol. The zero-order chi connectivity index (χ0) is 21.5. The third kappa shape index (κ3) is 3.76. The molecule has 2 heterocycles. The normalized spacial score (nSPS) is 15.9. The molecule has 8 nitrogen and oxygen atoms in total. The van der Waals surface area contributed by atoms with E-state index in [1.54, 1.807) is 0 Å². The molecule has 9 heteroatoms. The van der Waals surface area contributed by atoms with Gasteiger partial charge in [-0.2, -0.15) is 0 Å². The van der Waals surface area contributed by atoms with Crippen molar-refractivity contribution in [2.45, 2.75) is 37.7 Å². The number of anilines is 1. The van der Waals surface area contributed by atoms with Gasteiger partial charge in [0, 0.05) is 10.9 Å². The molecule has 3 aromatic rings. The van der Waals surface area contributed by atoms with E-state index in [0.29, 0.717) is 23.3 Å². The third-order valence-electron chi connectivity index (χ3n) is 4.86. The minimum absolute atomic E-state index is 0.152. The topological polar surface area (TPSA) is 115 Å². The van der Waals surface area contributed by atoms with Crippen molar-refractivity contribution in [3.8, 4) is 5.75 Å². The Labute approximate surface area is 173 Å². The number of sulfonamides is 1. The van der Waals surface area contributed by atoms with Gasteiger partial charge in [0.05, 0.1) is 23.3 Å². The minimum Gasteiger partial charge on any atom is -0.478 e. The van der Waals surface area contributed by atoms with Gasteiger partial charge in [-0.05, 0) is 43.2 Å². The van der Waals surface area contributed by atoms with Gasteiger partial charge in [0.1, 0.15) is 11.3 Å². The zero-order valence-electron chi connectivity index (χ0n) is 16.4. The molecule has 0 saturated carbocycles. The molecule has 1 aliphatic heterocycles. The fourth-order valence-electron chi connectivity index (χ4n) is 3.31. The summed E-state index contributed by atoms with van der Waals surface area (Å²) in [5.74, 6) is -0.653. The zero-order valence-corrected chi connectivity index (χ0v) is 17.2. The van der Waals surface area contributed by atoms with Crippen molar-refractivity contribution in [3.05, 3.63) is 53.8 Å². The minimum atomic E-state index is -4.13. The summed E-state index contributed by atoms with van der Waals surface area (Å²) in [5.41, 5.74) is 2.49. The molecule has 2 aromatic carbocycles. The summed E-state index contributed by atoms with van der Waals surface area (Å²) in [6.45, 7) is 3.74. The van der Waals surface area contributed by atoms with Gasteiger partial charge in [-0.15, -0.1) is 0 Å². The van der Waals surface area contributed by atoms with E-state index >= 15 is 0 Å². The van der Waals surface area contributed by atoms with Gasteiger partial charge in [0.25, 0.3) is 15.9 Å². The lowest BCUT2D eigenvalue weighted by atomic mass is 10.1. The Kier molecular flexibility index (Phi) is 4.98. The quantitative estimate of drug-likeness (QED) is 0.646. The number of ether oxygens (including phenoxy) is 1. The van der Waals surface area contributed by atoms with Crippen molar-refractivity contribution in [1.82, 2.24) is 4.72 Å². The first-order valence-corrected chi connectivity index (χ1v) is 10.9. The van der Waals surface area contributed by atoms with Crippen LogP contribution in [-0.4, -0.2) is 26.3 Å². The lowest BCUT2D eigenvalue weighted by molar-refractivity contribution is -0.123. The molecule has 0 aliphatic carbocycles. The Balaban J connectivity index is 1.52. The molecular weight excluding hydrogens is 408 g/mol. The summed E-state index contributed by atoms with van der Waals surface area (Å²) in [4.78, 5) is 24.2. The molecule has 0 radical (unpaired) electrons. The molecule has 1 aliphatic rings. The summed E-state index contributed by atoms with van der Waals surface area (Å²) in [6.07, 6.45) is 1.17. The highest BCUT2D eigenvalue weighted by Gasteiger charge is 2.28. The van der Waals surface area contributed by atoms with E-state index in [9.17, 15) is 18.0 Å². The molecule has 1 atom stereocenters. The number of carbonyl (C=O) groups excluding carboxylic acids is 2. The molecule has 30 heavy (non-hydrogen) atoms. The van der Waals surface area contributed by atoms with Gasteiger partial charge in [0.2, 0.25) is 5.91 Å². The number of amides is 2. The second kappa shape index (κ2) is 7.49. The first-order chi connectivity index (χ1) is 14.3.